The zero-order valence-electron chi connectivity index (χ0n) is 19.3. The molecule has 170 valence electrons. The summed E-state index contributed by atoms with van der Waals surface area (Å²) in [5.41, 5.74) is 0. The molecule has 0 unspecified atom stereocenters. The zero-order chi connectivity index (χ0) is 19.6. The van der Waals surface area contributed by atoms with Crippen molar-refractivity contribution < 1.29 is 0 Å². The van der Waals surface area contributed by atoms with Gasteiger partial charge < -0.3 is 25.3 Å². The molecule has 0 aromatic rings. The van der Waals surface area contributed by atoms with E-state index in [1.807, 2.05) is 0 Å². The summed E-state index contributed by atoms with van der Waals surface area (Å²) in [5, 5.41) is 0. The largest absolute Gasteiger partial charge is 0.793 e. The van der Waals surface area contributed by atoms with Gasteiger partial charge in [-0.2, -0.15) is 11.5 Å². The Kier molecular flexibility index (Phi) is 53.5. The van der Waals surface area contributed by atoms with Crippen molar-refractivity contribution >= 4 is 74.1 Å². The van der Waals surface area contributed by atoms with E-state index in [0.717, 1.165) is 11.5 Å². The quantitative estimate of drug-likeness (QED) is 0.0745. The molecule has 0 fully saturated rings. The van der Waals surface area contributed by atoms with Crippen LogP contribution in [0.5, 0.6) is 0 Å². The molecule has 0 spiro atoms. The van der Waals surface area contributed by atoms with Gasteiger partial charge in [0.2, 0.25) is 0 Å². The number of hydrogen-bond donors (Lipinski definition) is 0. The van der Waals surface area contributed by atoms with Gasteiger partial charge in [0.1, 0.15) is 0 Å². The Morgan fingerprint density at radius 2 is 0.500 bits per heavy atom. The summed E-state index contributed by atoms with van der Waals surface area (Å²) in [7, 11) is 0. The Bertz CT molecular complexity index is 175. The third kappa shape index (κ3) is 42.4. The Hall–Kier alpha value is 2.34. The first-order valence-electron chi connectivity index (χ1n) is 12.0. The minimum Gasteiger partial charge on any atom is -0.793 e. The number of hydrogen-bond acceptors (Lipinski definition) is 2. The predicted molar refractivity (Wildman–Crippen MR) is 140 cm³/mol. The summed E-state index contributed by atoms with van der Waals surface area (Å²) in [6, 6.07) is 0. The van der Waals surface area contributed by atoms with Crippen molar-refractivity contribution in [3.05, 3.63) is 0 Å². The van der Waals surface area contributed by atoms with Gasteiger partial charge in [-0.05, 0) is 0 Å². The van der Waals surface area contributed by atoms with Crippen molar-refractivity contribution in [2.24, 2.45) is 0 Å². The molecule has 6 radical (unpaired) electrons. The van der Waals surface area contributed by atoms with Crippen LogP contribution >= 0.6 is 0 Å². The Balaban J connectivity index is -0.000000192. The molecule has 0 saturated heterocycles. The smallest absolute Gasteiger partial charge is 0 e. The van der Waals surface area contributed by atoms with Crippen LogP contribution in [-0.2, 0) is 25.3 Å². The monoisotopic (exact) mass is 644 g/mol. The maximum Gasteiger partial charge on any atom is 0 e. The van der Waals surface area contributed by atoms with E-state index in [9.17, 15) is 0 Å². The third-order valence-corrected chi connectivity index (χ3v) is 5.57. The van der Waals surface area contributed by atoms with Gasteiger partial charge in [0, 0.05) is 48.9 Å². The van der Waals surface area contributed by atoms with Gasteiger partial charge in [0.15, 0.2) is 0 Å². The van der Waals surface area contributed by atoms with Crippen LogP contribution in [0.15, 0.2) is 0 Å². The van der Waals surface area contributed by atoms with Gasteiger partial charge >= 0.3 is 0 Å². The van der Waals surface area contributed by atoms with E-state index in [1.165, 1.54) is 128 Å². The van der Waals surface area contributed by atoms with Crippen LogP contribution in [0.4, 0.5) is 0 Å². The molecule has 0 aliphatic carbocycles. The van der Waals surface area contributed by atoms with Crippen molar-refractivity contribution in [1.82, 2.24) is 0 Å². The third-order valence-electron chi connectivity index (χ3n) is 5.00. The summed E-state index contributed by atoms with van der Waals surface area (Å²) in [6.07, 6.45) is 28.1. The van der Waals surface area contributed by atoms with E-state index in [1.54, 1.807) is 0 Å². The van der Waals surface area contributed by atoms with Gasteiger partial charge in [-0.25, -0.2) is 0 Å². The molecule has 0 amide bonds. The summed E-state index contributed by atoms with van der Waals surface area (Å²) < 4.78 is 0. The summed E-state index contributed by atoms with van der Waals surface area (Å²) in [6.45, 7) is 4.55. The van der Waals surface area contributed by atoms with Gasteiger partial charge in [0.25, 0.3) is 0 Å². The van der Waals surface area contributed by atoms with E-state index in [2.05, 4.69) is 13.8 Å². The molecule has 0 atom stereocenters. The maximum atomic E-state index is 4.90. The topological polar surface area (TPSA) is 0 Å². The second kappa shape index (κ2) is 39.8. The van der Waals surface area contributed by atoms with Crippen LogP contribution in [0.3, 0.4) is 0 Å². The standard InChI is InChI=1S/2C12H26S.2Sb/c2*1-2-3-4-5-6-7-8-9-10-11-12-13;;/h2*13H,2-12H2,1H3;;/p-2. The molecule has 0 aromatic heterocycles. The zero-order valence-corrected chi connectivity index (χ0v) is 26.0. The van der Waals surface area contributed by atoms with E-state index >= 15 is 0 Å². The van der Waals surface area contributed by atoms with Gasteiger partial charge in [-0.3, -0.25) is 0 Å². The van der Waals surface area contributed by atoms with Crippen LogP contribution in [0.1, 0.15) is 142 Å². The van der Waals surface area contributed by atoms with Crippen molar-refractivity contribution in [2.45, 2.75) is 142 Å². The van der Waals surface area contributed by atoms with Crippen molar-refractivity contribution in [3.8, 4) is 0 Å². The molecule has 0 nitrogen and oxygen atoms in total. The number of rotatable bonds is 20. The van der Waals surface area contributed by atoms with Crippen LogP contribution in [-0.4, -0.2) is 60.4 Å². The van der Waals surface area contributed by atoms with Crippen LogP contribution < -0.4 is 0 Å². The molecule has 4 heteroatoms. The van der Waals surface area contributed by atoms with Crippen LogP contribution in [0.2, 0.25) is 0 Å². The minimum atomic E-state index is 0. The van der Waals surface area contributed by atoms with Gasteiger partial charge in [-0.15, -0.1) is 0 Å². The SMILES string of the molecule is CCCCCCCCCCCC[S-].CCCCCCCCCCCC[S-].[Sb].[Sb]. The van der Waals surface area contributed by atoms with E-state index in [0.29, 0.717) is 0 Å². The fraction of sp³-hybridized carbons (Fsp3) is 1.00. The Labute approximate surface area is 226 Å². The van der Waals surface area contributed by atoms with Crippen molar-refractivity contribution in [1.29, 1.82) is 0 Å². The second-order valence-electron chi connectivity index (χ2n) is 7.77. The fourth-order valence-corrected chi connectivity index (χ4v) is 3.59. The molecule has 0 heterocycles. The van der Waals surface area contributed by atoms with Crippen molar-refractivity contribution in [2.75, 3.05) is 11.5 Å². The first-order valence-corrected chi connectivity index (χ1v) is 13.1. The Morgan fingerprint density at radius 3 is 0.679 bits per heavy atom. The maximum absolute atomic E-state index is 4.90. The first-order chi connectivity index (χ1) is 12.8. The number of unbranched alkanes of at least 4 members (excludes halogenated alkanes) is 18. The molecular weight excluding hydrogens is 596 g/mol. The fourth-order valence-electron chi connectivity index (χ4n) is 3.18. The second-order valence-corrected chi connectivity index (χ2v) is 8.59. The van der Waals surface area contributed by atoms with Crippen LogP contribution in [0.25, 0.3) is 0 Å². The summed E-state index contributed by atoms with van der Waals surface area (Å²) in [4.78, 5) is 0. The van der Waals surface area contributed by atoms with Crippen LogP contribution in [0, 0.1) is 0 Å². The molecule has 0 bridgehead atoms. The Morgan fingerprint density at radius 1 is 0.321 bits per heavy atom. The molecule has 0 aliphatic heterocycles. The van der Waals surface area contributed by atoms with Gasteiger partial charge in [-0.1, -0.05) is 142 Å². The summed E-state index contributed by atoms with van der Waals surface area (Å²) in [5.74, 6) is 1.91. The average molecular weight is 646 g/mol. The molecule has 28 heavy (non-hydrogen) atoms. The van der Waals surface area contributed by atoms with Gasteiger partial charge in [0.05, 0.1) is 0 Å². The van der Waals surface area contributed by atoms with E-state index < -0.39 is 0 Å². The molecule has 0 N–H and O–H groups in total. The van der Waals surface area contributed by atoms with E-state index in [4.69, 9.17) is 25.3 Å². The molecular formula is C24H50S2Sb2-2. The minimum absolute atomic E-state index is 0. The average Bonchev–Trinajstić information content (AvgIpc) is 2.66. The normalized spacial score (nSPS) is 9.86. The predicted octanol–water partition coefficient (Wildman–Crippen LogP) is 8.15. The van der Waals surface area contributed by atoms with E-state index in [-0.39, 0.29) is 48.9 Å². The molecule has 0 saturated carbocycles. The van der Waals surface area contributed by atoms with Crippen molar-refractivity contribution in [3.63, 3.8) is 0 Å². The first kappa shape index (κ1) is 37.6. The molecule has 0 aromatic carbocycles. The molecule has 0 rings (SSSR count). The summed E-state index contributed by atoms with van der Waals surface area (Å²) >= 11 is 9.80. The molecule has 0 aliphatic rings.